The number of nitrogens with one attached hydrogen (secondary N) is 1. The van der Waals surface area contributed by atoms with Crippen LogP contribution in [0.3, 0.4) is 0 Å². The van der Waals surface area contributed by atoms with Gasteiger partial charge in [-0.15, -0.1) is 0 Å². The number of unbranched alkanes of at least 4 members (excludes halogenated alkanes) is 20. The minimum absolute atomic E-state index is 0. The fourth-order valence-corrected chi connectivity index (χ4v) is 9.11. The number of hydrogen-bond acceptors (Lipinski definition) is 4. The molecule has 5 nitrogen and oxygen atoms in total. The van der Waals surface area contributed by atoms with Gasteiger partial charge in [-0.2, -0.15) is 0 Å². The zero-order valence-electron chi connectivity index (χ0n) is 45.6. The van der Waals surface area contributed by atoms with Crippen LogP contribution in [0.15, 0.2) is 23.7 Å². The maximum atomic E-state index is 12.6. The number of allylic oxidation sites excluding steroid dienone is 4. The van der Waals surface area contributed by atoms with E-state index in [1.165, 1.54) is 224 Å². The van der Waals surface area contributed by atoms with Crippen LogP contribution in [0.25, 0.3) is 0 Å². The molecule has 0 aromatic rings. The molecule has 0 heterocycles. The molecular formula is C60H124N2O3. The van der Waals surface area contributed by atoms with Gasteiger partial charge in [0.15, 0.2) is 0 Å². The zero-order valence-corrected chi connectivity index (χ0v) is 45.6. The Morgan fingerprint density at radius 2 is 0.923 bits per heavy atom. The maximum absolute atomic E-state index is 12.6. The van der Waals surface area contributed by atoms with Gasteiger partial charge >= 0.3 is 0 Å². The summed E-state index contributed by atoms with van der Waals surface area (Å²) in [5.41, 5.74) is 0. The third-order valence-corrected chi connectivity index (χ3v) is 13.6. The Bertz CT molecular complexity index is 974. The summed E-state index contributed by atoms with van der Waals surface area (Å²) in [5, 5.41) is 3.24. The van der Waals surface area contributed by atoms with Crippen molar-refractivity contribution >= 4 is 5.91 Å². The molecule has 0 radical (unpaired) electrons. The van der Waals surface area contributed by atoms with Crippen molar-refractivity contribution in [3.05, 3.63) is 23.7 Å². The molecule has 0 saturated heterocycles. The van der Waals surface area contributed by atoms with E-state index < -0.39 is 0 Å². The van der Waals surface area contributed by atoms with Crippen LogP contribution in [0.5, 0.6) is 0 Å². The summed E-state index contributed by atoms with van der Waals surface area (Å²) in [7, 11) is 0. The number of amides is 1. The van der Waals surface area contributed by atoms with Crippen LogP contribution in [-0.2, 0) is 14.3 Å². The minimum Gasteiger partial charge on any atom is -0.498 e. The van der Waals surface area contributed by atoms with Crippen LogP contribution in [0, 0.1) is 11.8 Å². The van der Waals surface area contributed by atoms with E-state index in [9.17, 15) is 4.79 Å². The topological polar surface area (TPSA) is 50.8 Å². The van der Waals surface area contributed by atoms with E-state index >= 15 is 0 Å². The average Bonchev–Trinajstić information content (AvgIpc) is 3.31. The Morgan fingerprint density at radius 1 is 0.508 bits per heavy atom. The molecule has 0 aromatic heterocycles. The van der Waals surface area contributed by atoms with Crippen molar-refractivity contribution in [3.8, 4) is 0 Å². The quantitative estimate of drug-likeness (QED) is 0.0488. The Balaban J connectivity index is -0.00000473. The first-order valence-electron chi connectivity index (χ1n) is 29.0. The second-order valence-electron chi connectivity index (χ2n) is 19.2. The summed E-state index contributed by atoms with van der Waals surface area (Å²) in [6.07, 6.45) is 50.8. The van der Waals surface area contributed by atoms with Crippen molar-refractivity contribution in [1.29, 1.82) is 0 Å². The highest BCUT2D eigenvalue weighted by atomic mass is 16.5. The van der Waals surface area contributed by atoms with Crippen LogP contribution in [0.4, 0.5) is 0 Å². The molecule has 0 aliphatic heterocycles. The lowest BCUT2D eigenvalue weighted by molar-refractivity contribution is -0.125. The van der Waals surface area contributed by atoms with Gasteiger partial charge in [0.1, 0.15) is 0 Å². The predicted octanol–water partition coefficient (Wildman–Crippen LogP) is 19.9. The highest BCUT2D eigenvalue weighted by Crippen LogP contribution is 2.24. The second kappa shape index (κ2) is 55.1. The summed E-state index contributed by atoms with van der Waals surface area (Å²) < 4.78 is 13.0. The molecule has 1 N–H and O–H groups in total. The highest BCUT2D eigenvalue weighted by Gasteiger charge is 2.15. The smallest absolute Gasteiger partial charge is 0.223 e. The van der Waals surface area contributed by atoms with E-state index in [1.54, 1.807) is 0 Å². The van der Waals surface area contributed by atoms with Crippen molar-refractivity contribution in [1.82, 2.24) is 10.2 Å². The average molecular weight is 922 g/mol. The second-order valence-corrected chi connectivity index (χ2v) is 19.2. The number of hydrogen-bond donors (Lipinski definition) is 1. The monoisotopic (exact) mass is 921 g/mol. The Morgan fingerprint density at radius 3 is 1.38 bits per heavy atom. The van der Waals surface area contributed by atoms with Crippen LogP contribution >= 0.6 is 0 Å². The fourth-order valence-electron chi connectivity index (χ4n) is 9.11. The van der Waals surface area contributed by atoms with Crippen molar-refractivity contribution < 1.29 is 15.7 Å². The molecule has 0 bridgehead atoms. The first-order valence-corrected chi connectivity index (χ1v) is 29.0. The van der Waals surface area contributed by atoms with Crippen LogP contribution in [0.1, 0.15) is 309 Å². The fraction of sp³-hybridized carbons (Fsp3) is 0.917. The normalized spacial score (nSPS) is 12.0. The molecule has 5 heteroatoms. The van der Waals surface area contributed by atoms with Crippen molar-refractivity contribution in [2.45, 2.75) is 314 Å². The molecule has 0 rings (SSSR count). The van der Waals surface area contributed by atoms with Crippen LogP contribution in [0.2, 0.25) is 0 Å². The van der Waals surface area contributed by atoms with E-state index in [0.29, 0.717) is 6.10 Å². The maximum Gasteiger partial charge on any atom is 0.223 e. The molecule has 0 unspecified atom stereocenters. The van der Waals surface area contributed by atoms with Gasteiger partial charge in [0.25, 0.3) is 0 Å². The SMILES string of the molecule is C.C/C=C(/CCCCCCCN(CCCCCCC/C(=C/C)OC(CCCCCCCC)CCCCCCCC)CCCNC(=O)C(CC)CC)OCCC(CCCC)CCCC.CC.[HH]. The third-order valence-electron chi connectivity index (χ3n) is 13.6. The van der Waals surface area contributed by atoms with E-state index in [1.807, 2.05) is 13.8 Å². The molecule has 0 saturated carbocycles. The van der Waals surface area contributed by atoms with Crippen molar-refractivity contribution in [2.24, 2.45) is 11.8 Å². The molecule has 0 fully saturated rings. The molecule has 1 amide bonds. The van der Waals surface area contributed by atoms with Gasteiger partial charge in [0.2, 0.25) is 5.91 Å². The summed E-state index contributed by atoms with van der Waals surface area (Å²) in [6.45, 7) is 27.0. The van der Waals surface area contributed by atoms with Crippen LogP contribution < -0.4 is 5.32 Å². The standard InChI is InChI=1S/C57H112N2O3.C2H6.CH4.H2/c1-9-17-21-23-27-35-44-56(45-36-28-24-22-18-10-2)62-55(16-8)43-34-30-26-32-38-49-59(50-39-47-58-57(60)53(13-5)14-6)48-37-31-25-29-33-42-54(15-7)61-51-46-52(40-19-11-3)41-20-12-4;1-2;;/h15-16,52-53,56H,9-14,17-51H2,1-8H3,(H,58,60);1-2H3;1H4;1H/b54-15-,55-16-;;;. The van der Waals surface area contributed by atoms with E-state index in [4.69, 9.17) is 9.47 Å². The molecule has 392 valence electrons. The molecule has 0 spiro atoms. The number of rotatable bonds is 49. The number of carbonyl (C=O) groups is 1. The van der Waals surface area contributed by atoms with Crippen LogP contribution in [-0.4, -0.2) is 49.7 Å². The van der Waals surface area contributed by atoms with Gasteiger partial charge in [0.05, 0.1) is 24.2 Å². The van der Waals surface area contributed by atoms with Gasteiger partial charge in [-0.1, -0.05) is 204 Å². The number of nitrogens with zero attached hydrogens (tertiary/aromatic N) is 1. The largest absolute Gasteiger partial charge is 0.498 e. The molecule has 0 aliphatic carbocycles. The first kappa shape index (κ1) is 67.8. The summed E-state index contributed by atoms with van der Waals surface area (Å²) in [5.74, 6) is 3.69. The Labute approximate surface area is 412 Å². The first-order chi connectivity index (χ1) is 31.4. The third kappa shape index (κ3) is 44.8. The molecule has 65 heavy (non-hydrogen) atoms. The van der Waals surface area contributed by atoms with Crippen molar-refractivity contribution in [3.63, 3.8) is 0 Å². The Hall–Kier alpha value is -1.49. The molecule has 0 aliphatic rings. The number of ether oxygens (including phenoxy) is 2. The summed E-state index contributed by atoms with van der Waals surface area (Å²) >= 11 is 0. The van der Waals surface area contributed by atoms with Gasteiger partial charge in [-0.3, -0.25) is 4.79 Å². The van der Waals surface area contributed by atoms with Gasteiger partial charge < -0.3 is 19.7 Å². The lowest BCUT2D eigenvalue weighted by atomic mass is 9.93. The molecular weight excluding hydrogens is 797 g/mol. The van der Waals surface area contributed by atoms with E-state index in [2.05, 4.69) is 77.8 Å². The number of carbonyl (C=O) groups excluding carboxylic acids is 1. The lowest BCUT2D eigenvalue weighted by Gasteiger charge is -2.23. The van der Waals surface area contributed by atoms with Gasteiger partial charge in [0, 0.05) is 26.7 Å². The predicted molar refractivity (Wildman–Crippen MR) is 295 cm³/mol. The van der Waals surface area contributed by atoms with Crippen molar-refractivity contribution in [2.75, 3.05) is 32.8 Å². The summed E-state index contributed by atoms with van der Waals surface area (Å²) in [6, 6.07) is 0. The Kier molecular flexibility index (Phi) is 57.5. The molecule has 0 aromatic carbocycles. The summed E-state index contributed by atoms with van der Waals surface area (Å²) in [4.78, 5) is 15.3. The minimum atomic E-state index is 0. The van der Waals surface area contributed by atoms with E-state index in [-0.39, 0.29) is 20.7 Å². The highest BCUT2D eigenvalue weighted by molar-refractivity contribution is 5.78. The lowest BCUT2D eigenvalue weighted by Crippen LogP contribution is -2.34. The van der Waals surface area contributed by atoms with E-state index in [0.717, 1.165) is 57.7 Å². The van der Waals surface area contributed by atoms with Gasteiger partial charge in [-0.25, -0.2) is 0 Å². The zero-order chi connectivity index (χ0) is 47.6. The van der Waals surface area contributed by atoms with Gasteiger partial charge in [-0.05, 0) is 129 Å². The molecule has 0 atom stereocenters.